The first-order valence-corrected chi connectivity index (χ1v) is 9.43. The summed E-state index contributed by atoms with van der Waals surface area (Å²) in [6.45, 7) is 5.32. The number of aromatic nitrogens is 2. The smallest absolute Gasteiger partial charge is 0.236 e. The topological polar surface area (TPSA) is 61.8 Å². The molecule has 1 aromatic rings. The summed E-state index contributed by atoms with van der Waals surface area (Å²) in [7, 11) is 0. The van der Waals surface area contributed by atoms with Gasteiger partial charge in [-0.1, -0.05) is 0 Å². The molecule has 1 saturated carbocycles. The fourth-order valence-corrected chi connectivity index (χ4v) is 3.92. The molecule has 1 amide bonds. The van der Waals surface area contributed by atoms with Crippen molar-refractivity contribution >= 4 is 11.7 Å². The minimum absolute atomic E-state index is 0.247. The van der Waals surface area contributed by atoms with Crippen molar-refractivity contribution in [2.75, 3.05) is 50.8 Å². The van der Waals surface area contributed by atoms with Crippen molar-refractivity contribution in [3.63, 3.8) is 0 Å². The Morgan fingerprint density at radius 2 is 1.84 bits per heavy atom. The first-order valence-electron chi connectivity index (χ1n) is 9.43. The summed E-state index contributed by atoms with van der Waals surface area (Å²) < 4.78 is 5.33. The Kier molecular flexibility index (Phi) is 5.12. The number of carbonyl (C=O) groups is 1. The Morgan fingerprint density at radius 1 is 1.12 bits per heavy atom. The van der Waals surface area contributed by atoms with Crippen LogP contribution in [0, 0.1) is 0 Å². The lowest BCUT2D eigenvalue weighted by molar-refractivity contribution is -0.136. The molecule has 1 aliphatic carbocycles. The van der Waals surface area contributed by atoms with E-state index in [0.29, 0.717) is 31.8 Å². The van der Waals surface area contributed by atoms with E-state index in [1.165, 1.54) is 12.8 Å². The molecule has 25 heavy (non-hydrogen) atoms. The SMILES string of the molecule is O=C(CN1CCC(N(c2ccncn2)C2CC2)CC1)N1CCOCC1. The molecule has 7 heteroatoms. The third-order valence-electron chi connectivity index (χ3n) is 5.44. The van der Waals surface area contributed by atoms with Gasteiger partial charge in [0, 0.05) is 44.5 Å². The van der Waals surface area contributed by atoms with Crippen LogP contribution < -0.4 is 4.90 Å². The van der Waals surface area contributed by atoms with Gasteiger partial charge in [-0.25, -0.2) is 9.97 Å². The van der Waals surface area contributed by atoms with Crippen molar-refractivity contribution in [3.8, 4) is 0 Å². The molecule has 0 unspecified atom stereocenters. The van der Waals surface area contributed by atoms with E-state index in [1.807, 2.05) is 17.2 Å². The number of hydrogen-bond acceptors (Lipinski definition) is 6. The quantitative estimate of drug-likeness (QED) is 0.786. The standard InChI is InChI=1S/C18H27N5O2/c24-18(22-9-11-25-12-10-22)13-21-7-4-16(5-8-21)23(15-1-2-15)17-3-6-19-14-20-17/h3,6,14-16H,1-2,4-5,7-13H2. The Balaban J connectivity index is 1.31. The minimum Gasteiger partial charge on any atom is -0.378 e. The molecule has 7 nitrogen and oxygen atoms in total. The fraction of sp³-hybridized carbons (Fsp3) is 0.722. The van der Waals surface area contributed by atoms with Crippen LogP contribution >= 0.6 is 0 Å². The van der Waals surface area contributed by atoms with Crippen LogP contribution in [0.5, 0.6) is 0 Å². The molecule has 4 rings (SSSR count). The van der Waals surface area contributed by atoms with Gasteiger partial charge in [0.25, 0.3) is 0 Å². The number of piperidine rings is 1. The predicted octanol–water partition coefficient (Wildman–Crippen LogP) is 0.769. The van der Waals surface area contributed by atoms with Gasteiger partial charge in [0.15, 0.2) is 0 Å². The van der Waals surface area contributed by atoms with Crippen LogP contribution in [0.2, 0.25) is 0 Å². The summed E-state index contributed by atoms with van der Waals surface area (Å²) in [5.74, 6) is 1.30. The third-order valence-corrected chi connectivity index (χ3v) is 5.44. The molecule has 0 aromatic carbocycles. The zero-order valence-corrected chi connectivity index (χ0v) is 14.7. The van der Waals surface area contributed by atoms with E-state index in [1.54, 1.807) is 6.33 Å². The molecular weight excluding hydrogens is 318 g/mol. The number of carbonyl (C=O) groups excluding carboxylic acids is 1. The van der Waals surface area contributed by atoms with E-state index >= 15 is 0 Å². The van der Waals surface area contributed by atoms with E-state index < -0.39 is 0 Å². The third kappa shape index (κ3) is 4.10. The molecule has 0 bridgehead atoms. The van der Waals surface area contributed by atoms with Gasteiger partial charge >= 0.3 is 0 Å². The zero-order chi connectivity index (χ0) is 17.1. The second-order valence-corrected chi connectivity index (χ2v) is 7.21. The first-order chi connectivity index (χ1) is 12.3. The normalized spacial score (nSPS) is 22.8. The van der Waals surface area contributed by atoms with E-state index in [2.05, 4.69) is 19.8 Å². The highest BCUT2D eigenvalue weighted by Gasteiger charge is 2.36. The average Bonchev–Trinajstić information content (AvgIpc) is 3.50. The summed E-state index contributed by atoms with van der Waals surface area (Å²) in [5, 5.41) is 0. The lowest BCUT2D eigenvalue weighted by Crippen LogP contribution is -2.50. The summed E-state index contributed by atoms with van der Waals surface area (Å²) in [4.78, 5) is 27.7. The van der Waals surface area contributed by atoms with Crippen molar-refractivity contribution in [1.82, 2.24) is 19.8 Å². The maximum atomic E-state index is 12.4. The Bertz CT molecular complexity index is 566. The zero-order valence-electron chi connectivity index (χ0n) is 14.7. The monoisotopic (exact) mass is 345 g/mol. The Hall–Kier alpha value is -1.73. The molecule has 0 atom stereocenters. The number of ether oxygens (including phenoxy) is 1. The van der Waals surface area contributed by atoms with Crippen molar-refractivity contribution in [2.45, 2.75) is 37.8 Å². The molecule has 2 aliphatic heterocycles. The van der Waals surface area contributed by atoms with Crippen LogP contribution in [0.3, 0.4) is 0 Å². The van der Waals surface area contributed by atoms with Gasteiger partial charge in [-0.05, 0) is 31.7 Å². The summed E-state index contributed by atoms with van der Waals surface area (Å²) >= 11 is 0. The molecule has 0 N–H and O–H groups in total. The van der Waals surface area contributed by atoms with Gasteiger partial charge in [-0.15, -0.1) is 0 Å². The largest absolute Gasteiger partial charge is 0.378 e. The van der Waals surface area contributed by atoms with Crippen LogP contribution in [0.1, 0.15) is 25.7 Å². The highest BCUT2D eigenvalue weighted by atomic mass is 16.5. The Morgan fingerprint density at radius 3 is 2.48 bits per heavy atom. The van der Waals surface area contributed by atoms with Crippen molar-refractivity contribution in [1.29, 1.82) is 0 Å². The van der Waals surface area contributed by atoms with E-state index in [4.69, 9.17) is 4.74 Å². The molecular formula is C18H27N5O2. The number of nitrogens with zero attached hydrogens (tertiary/aromatic N) is 5. The summed E-state index contributed by atoms with van der Waals surface area (Å²) in [5.41, 5.74) is 0. The van der Waals surface area contributed by atoms with Crippen LogP contribution in [-0.4, -0.2) is 83.7 Å². The molecule has 3 fully saturated rings. The molecule has 136 valence electrons. The molecule has 3 aliphatic rings. The van der Waals surface area contributed by atoms with Gasteiger partial charge in [-0.3, -0.25) is 9.69 Å². The molecule has 2 saturated heterocycles. The molecule has 0 spiro atoms. The van der Waals surface area contributed by atoms with Crippen molar-refractivity contribution in [3.05, 3.63) is 18.6 Å². The minimum atomic E-state index is 0.247. The first kappa shape index (κ1) is 16.7. The number of morpholine rings is 1. The summed E-state index contributed by atoms with van der Waals surface area (Å²) in [6, 6.07) is 3.19. The second kappa shape index (κ2) is 7.66. The van der Waals surface area contributed by atoms with Crippen LogP contribution in [0.15, 0.2) is 18.6 Å². The predicted molar refractivity (Wildman–Crippen MR) is 94.4 cm³/mol. The summed E-state index contributed by atoms with van der Waals surface area (Å²) in [6.07, 6.45) is 8.18. The van der Waals surface area contributed by atoms with Crippen LogP contribution in [0.25, 0.3) is 0 Å². The highest BCUT2D eigenvalue weighted by molar-refractivity contribution is 5.78. The highest BCUT2D eigenvalue weighted by Crippen LogP contribution is 2.34. The van der Waals surface area contributed by atoms with Gasteiger partial charge in [0.05, 0.1) is 19.8 Å². The maximum absolute atomic E-state index is 12.4. The van der Waals surface area contributed by atoms with Gasteiger partial charge < -0.3 is 14.5 Å². The number of anilines is 1. The maximum Gasteiger partial charge on any atom is 0.236 e. The molecule has 0 radical (unpaired) electrons. The lowest BCUT2D eigenvalue weighted by atomic mass is 10.0. The van der Waals surface area contributed by atoms with E-state index in [-0.39, 0.29) is 5.91 Å². The fourth-order valence-electron chi connectivity index (χ4n) is 3.92. The van der Waals surface area contributed by atoms with Crippen LogP contribution in [-0.2, 0) is 9.53 Å². The average molecular weight is 345 g/mol. The van der Waals surface area contributed by atoms with Crippen molar-refractivity contribution in [2.24, 2.45) is 0 Å². The Labute approximate surface area is 149 Å². The van der Waals surface area contributed by atoms with Crippen LogP contribution in [0.4, 0.5) is 5.82 Å². The van der Waals surface area contributed by atoms with Gasteiger partial charge in [-0.2, -0.15) is 0 Å². The van der Waals surface area contributed by atoms with E-state index in [9.17, 15) is 4.79 Å². The van der Waals surface area contributed by atoms with Crippen molar-refractivity contribution < 1.29 is 9.53 Å². The van der Waals surface area contributed by atoms with E-state index in [0.717, 1.165) is 44.8 Å². The number of amides is 1. The van der Waals surface area contributed by atoms with Gasteiger partial charge in [0.1, 0.15) is 12.1 Å². The number of hydrogen-bond donors (Lipinski definition) is 0. The van der Waals surface area contributed by atoms with Gasteiger partial charge in [0.2, 0.25) is 5.91 Å². The lowest BCUT2D eigenvalue weighted by Gasteiger charge is -2.39. The second-order valence-electron chi connectivity index (χ2n) is 7.21. The molecule has 3 heterocycles. The number of rotatable bonds is 5. The molecule has 1 aromatic heterocycles. The number of likely N-dealkylation sites (tertiary alicyclic amines) is 1.